The van der Waals surface area contributed by atoms with E-state index in [-0.39, 0.29) is 17.8 Å². The molecule has 0 spiro atoms. The molecule has 5 heteroatoms. The topological polar surface area (TPSA) is 36.4 Å². The Morgan fingerprint density at radius 1 is 1.36 bits per heavy atom. The van der Waals surface area contributed by atoms with Gasteiger partial charge in [0, 0.05) is 18.5 Å². The summed E-state index contributed by atoms with van der Waals surface area (Å²) in [6.07, 6.45) is 0.948. The third-order valence-electron chi connectivity index (χ3n) is 3.76. The minimum Gasteiger partial charge on any atom is -0.357 e. The third-order valence-corrected chi connectivity index (χ3v) is 4.49. The van der Waals surface area contributed by atoms with E-state index >= 15 is 0 Å². The standard InChI is InChI=1S/C17H20FN3S/c1-2-19-17(20-10-12-7-8-22-11-12)21-16-9-14(16)13-5-3-4-6-15(13)18/h3-8,11,14,16H,2,9-10H2,1H3,(H2,19,20,21). The highest BCUT2D eigenvalue weighted by Crippen LogP contribution is 2.41. The molecule has 1 aromatic carbocycles. The van der Waals surface area contributed by atoms with Crippen LogP contribution in [0.3, 0.4) is 0 Å². The number of hydrogen-bond donors (Lipinski definition) is 2. The van der Waals surface area contributed by atoms with Crippen LogP contribution >= 0.6 is 11.3 Å². The Labute approximate surface area is 134 Å². The molecule has 2 aromatic rings. The van der Waals surface area contributed by atoms with Gasteiger partial charge in [-0.3, -0.25) is 0 Å². The van der Waals surface area contributed by atoms with Crippen molar-refractivity contribution >= 4 is 17.3 Å². The van der Waals surface area contributed by atoms with E-state index in [4.69, 9.17) is 0 Å². The van der Waals surface area contributed by atoms with Gasteiger partial charge in [-0.1, -0.05) is 18.2 Å². The number of hydrogen-bond acceptors (Lipinski definition) is 2. The van der Waals surface area contributed by atoms with Crippen LogP contribution in [0.4, 0.5) is 4.39 Å². The quantitative estimate of drug-likeness (QED) is 0.654. The summed E-state index contributed by atoms with van der Waals surface area (Å²) < 4.78 is 13.8. The normalized spacial score (nSPS) is 20.7. The zero-order chi connectivity index (χ0) is 15.4. The molecule has 0 saturated heterocycles. The van der Waals surface area contributed by atoms with Gasteiger partial charge in [-0.2, -0.15) is 11.3 Å². The molecule has 1 saturated carbocycles. The Balaban J connectivity index is 1.61. The molecular formula is C17H20FN3S. The minimum absolute atomic E-state index is 0.114. The first-order valence-corrected chi connectivity index (χ1v) is 8.52. The molecule has 22 heavy (non-hydrogen) atoms. The van der Waals surface area contributed by atoms with Crippen molar-refractivity contribution in [2.24, 2.45) is 4.99 Å². The van der Waals surface area contributed by atoms with Crippen LogP contribution in [0.15, 0.2) is 46.1 Å². The molecule has 1 heterocycles. The highest BCUT2D eigenvalue weighted by Gasteiger charge is 2.40. The number of benzene rings is 1. The summed E-state index contributed by atoms with van der Waals surface area (Å²) in [5.41, 5.74) is 2.01. The van der Waals surface area contributed by atoms with Crippen molar-refractivity contribution < 1.29 is 4.39 Å². The predicted octanol–water partition coefficient (Wildman–Crippen LogP) is 3.50. The van der Waals surface area contributed by atoms with E-state index in [9.17, 15) is 4.39 Å². The lowest BCUT2D eigenvalue weighted by atomic mass is 10.1. The molecule has 1 fully saturated rings. The molecule has 2 atom stereocenters. The molecule has 0 aliphatic heterocycles. The van der Waals surface area contributed by atoms with Gasteiger partial charge >= 0.3 is 0 Å². The van der Waals surface area contributed by atoms with Gasteiger partial charge in [0.2, 0.25) is 0 Å². The van der Waals surface area contributed by atoms with Crippen molar-refractivity contribution in [3.8, 4) is 0 Å². The summed E-state index contributed by atoms with van der Waals surface area (Å²) in [5, 5.41) is 10.8. The molecule has 0 amide bonds. The van der Waals surface area contributed by atoms with Crippen LogP contribution in [0, 0.1) is 5.82 Å². The van der Waals surface area contributed by atoms with Crippen LogP contribution in [0.25, 0.3) is 0 Å². The molecule has 3 rings (SSSR count). The highest BCUT2D eigenvalue weighted by atomic mass is 32.1. The summed E-state index contributed by atoms with van der Waals surface area (Å²) in [5.74, 6) is 0.931. The van der Waals surface area contributed by atoms with Gasteiger partial charge in [-0.25, -0.2) is 9.38 Å². The molecule has 2 N–H and O–H groups in total. The molecule has 2 unspecified atom stereocenters. The van der Waals surface area contributed by atoms with Crippen molar-refractivity contribution in [1.29, 1.82) is 0 Å². The van der Waals surface area contributed by atoms with Gasteiger partial charge in [0.25, 0.3) is 0 Å². The lowest BCUT2D eigenvalue weighted by molar-refractivity contribution is 0.607. The van der Waals surface area contributed by atoms with E-state index in [1.807, 2.05) is 19.1 Å². The summed E-state index contributed by atoms with van der Waals surface area (Å²) in [7, 11) is 0. The van der Waals surface area contributed by atoms with E-state index in [1.54, 1.807) is 17.4 Å². The first-order chi connectivity index (χ1) is 10.8. The van der Waals surface area contributed by atoms with Crippen LogP contribution in [-0.2, 0) is 6.54 Å². The zero-order valence-electron chi connectivity index (χ0n) is 12.6. The van der Waals surface area contributed by atoms with E-state index in [2.05, 4.69) is 32.5 Å². The van der Waals surface area contributed by atoms with E-state index in [1.165, 1.54) is 11.6 Å². The second-order valence-electron chi connectivity index (χ2n) is 5.44. The van der Waals surface area contributed by atoms with Crippen molar-refractivity contribution in [2.75, 3.05) is 6.54 Å². The largest absolute Gasteiger partial charge is 0.357 e. The lowest BCUT2D eigenvalue weighted by Gasteiger charge is -2.11. The monoisotopic (exact) mass is 317 g/mol. The lowest BCUT2D eigenvalue weighted by Crippen LogP contribution is -2.39. The van der Waals surface area contributed by atoms with Gasteiger partial charge < -0.3 is 10.6 Å². The van der Waals surface area contributed by atoms with Crippen LogP contribution in [0.5, 0.6) is 0 Å². The van der Waals surface area contributed by atoms with Gasteiger partial charge in [-0.05, 0) is 47.4 Å². The molecule has 0 bridgehead atoms. The van der Waals surface area contributed by atoms with Crippen molar-refractivity contribution in [1.82, 2.24) is 10.6 Å². The van der Waals surface area contributed by atoms with Crippen molar-refractivity contribution in [3.63, 3.8) is 0 Å². The molecule has 1 aliphatic rings. The molecule has 1 aromatic heterocycles. The van der Waals surface area contributed by atoms with Crippen LogP contribution < -0.4 is 10.6 Å². The van der Waals surface area contributed by atoms with Gasteiger partial charge in [-0.15, -0.1) is 0 Å². The number of nitrogens with one attached hydrogen (secondary N) is 2. The van der Waals surface area contributed by atoms with E-state index in [0.717, 1.165) is 24.5 Å². The average Bonchev–Trinajstić information content (AvgIpc) is 3.07. The number of halogens is 1. The number of nitrogens with zero attached hydrogens (tertiary/aromatic N) is 1. The van der Waals surface area contributed by atoms with Crippen molar-refractivity contribution in [3.05, 3.63) is 58.0 Å². The van der Waals surface area contributed by atoms with E-state index < -0.39 is 0 Å². The number of thiophene rings is 1. The Morgan fingerprint density at radius 3 is 2.95 bits per heavy atom. The maximum Gasteiger partial charge on any atom is 0.191 e. The average molecular weight is 317 g/mol. The first-order valence-electron chi connectivity index (χ1n) is 7.58. The molecule has 116 valence electrons. The van der Waals surface area contributed by atoms with Gasteiger partial charge in [0.15, 0.2) is 5.96 Å². The molecule has 1 aliphatic carbocycles. The molecule has 3 nitrogen and oxygen atoms in total. The van der Waals surface area contributed by atoms with Gasteiger partial charge in [0.1, 0.15) is 5.82 Å². The van der Waals surface area contributed by atoms with Crippen molar-refractivity contribution in [2.45, 2.75) is 31.8 Å². The number of rotatable bonds is 5. The van der Waals surface area contributed by atoms with Crippen LogP contribution in [-0.4, -0.2) is 18.5 Å². The molecular weight excluding hydrogens is 297 g/mol. The Morgan fingerprint density at radius 2 is 2.23 bits per heavy atom. The highest BCUT2D eigenvalue weighted by molar-refractivity contribution is 7.07. The fraction of sp³-hybridized carbons (Fsp3) is 0.353. The molecule has 0 radical (unpaired) electrons. The SMILES string of the molecule is CCNC(=NCc1ccsc1)NC1CC1c1ccccc1F. The predicted molar refractivity (Wildman–Crippen MR) is 89.8 cm³/mol. The Hall–Kier alpha value is -1.88. The van der Waals surface area contributed by atoms with E-state index in [0.29, 0.717) is 6.54 Å². The number of guanidine groups is 1. The Bertz CT molecular complexity index is 639. The van der Waals surface area contributed by atoms with Crippen LogP contribution in [0.1, 0.15) is 30.4 Å². The second-order valence-corrected chi connectivity index (χ2v) is 6.22. The smallest absolute Gasteiger partial charge is 0.191 e. The second kappa shape index (κ2) is 6.92. The summed E-state index contributed by atoms with van der Waals surface area (Å²) in [4.78, 5) is 4.59. The minimum atomic E-state index is -0.114. The fourth-order valence-corrected chi connectivity index (χ4v) is 3.18. The maximum absolute atomic E-state index is 13.8. The Kier molecular flexibility index (Phi) is 4.73. The zero-order valence-corrected chi connectivity index (χ0v) is 13.4. The fourth-order valence-electron chi connectivity index (χ4n) is 2.52. The summed E-state index contributed by atoms with van der Waals surface area (Å²) >= 11 is 1.68. The summed E-state index contributed by atoms with van der Waals surface area (Å²) in [6, 6.07) is 9.37. The first kappa shape index (κ1) is 15.0. The van der Waals surface area contributed by atoms with Crippen LogP contribution in [0.2, 0.25) is 0 Å². The number of aliphatic imine (C=N–C) groups is 1. The third kappa shape index (κ3) is 3.65. The van der Waals surface area contributed by atoms with Gasteiger partial charge in [0.05, 0.1) is 6.54 Å². The summed E-state index contributed by atoms with van der Waals surface area (Å²) in [6.45, 7) is 3.52. The maximum atomic E-state index is 13.8.